The molecule has 2 heterocycles. The van der Waals surface area contributed by atoms with E-state index >= 15 is 0 Å². The molecule has 1 aromatic heterocycles. The highest BCUT2D eigenvalue weighted by molar-refractivity contribution is 7.14. The summed E-state index contributed by atoms with van der Waals surface area (Å²) in [4.78, 5) is 16.6. The predicted molar refractivity (Wildman–Crippen MR) is 97.5 cm³/mol. The summed E-state index contributed by atoms with van der Waals surface area (Å²) in [5, 5.41) is 7.96. The summed E-state index contributed by atoms with van der Waals surface area (Å²) in [6.07, 6.45) is 0. The first-order chi connectivity index (χ1) is 12.2. The van der Waals surface area contributed by atoms with Gasteiger partial charge in [-0.25, -0.2) is 9.78 Å². The number of aryl methyl sites for hydroxylation is 1. The minimum Gasteiger partial charge on any atom is -0.454 e. The molecule has 7 heteroatoms. The van der Waals surface area contributed by atoms with Crippen molar-refractivity contribution >= 4 is 28.2 Å². The number of carbonyl (C=O) groups is 1. The molecular formula is C18H15N3O3S. The number of urea groups is 1. The number of carbonyl (C=O) groups excluding carboxylic acids is 1. The van der Waals surface area contributed by atoms with Gasteiger partial charge in [0.2, 0.25) is 6.79 Å². The van der Waals surface area contributed by atoms with Crippen molar-refractivity contribution in [3.8, 4) is 22.8 Å². The topological polar surface area (TPSA) is 72.5 Å². The van der Waals surface area contributed by atoms with Crippen LogP contribution >= 0.6 is 11.3 Å². The molecule has 2 N–H and O–H groups in total. The third kappa shape index (κ3) is 3.41. The molecule has 0 bridgehead atoms. The number of ether oxygens (including phenoxy) is 2. The van der Waals surface area contributed by atoms with Crippen molar-refractivity contribution in [2.24, 2.45) is 0 Å². The fourth-order valence-corrected chi connectivity index (χ4v) is 3.22. The van der Waals surface area contributed by atoms with Crippen LogP contribution in [0.3, 0.4) is 0 Å². The third-order valence-corrected chi connectivity index (χ3v) is 4.43. The zero-order valence-electron chi connectivity index (χ0n) is 13.4. The van der Waals surface area contributed by atoms with Crippen molar-refractivity contribution in [3.63, 3.8) is 0 Å². The molecule has 25 heavy (non-hydrogen) atoms. The van der Waals surface area contributed by atoms with E-state index in [9.17, 15) is 4.79 Å². The van der Waals surface area contributed by atoms with Crippen LogP contribution in [-0.2, 0) is 0 Å². The Hall–Kier alpha value is -3.06. The predicted octanol–water partition coefficient (Wildman–Crippen LogP) is 4.49. The molecule has 1 aliphatic rings. The van der Waals surface area contributed by atoms with Gasteiger partial charge in [0.15, 0.2) is 16.6 Å². The fourth-order valence-electron chi connectivity index (χ4n) is 2.50. The molecule has 126 valence electrons. The Bertz CT molecular complexity index is 939. The van der Waals surface area contributed by atoms with Crippen LogP contribution in [0.25, 0.3) is 11.3 Å². The zero-order chi connectivity index (χ0) is 17.2. The van der Waals surface area contributed by atoms with E-state index in [0.29, 0.717) is 10.9 Å². The number of fused-ring (bicyclic) bond motifs is 1. The van der Waals surface area contributed by atoms with E-state index < -0.39 is 0 Å². The third-order valence-electron chi connectivity index (χ3n) is 3.67. The molecule has 0 saturated carbocycles. The Kier molecular flexibility index (Phi) is 3.99. The highest BCUT2D eigenvalue weighted by Crippen LogP contribution is 2.36. The minimum atomic E-state index is -0.322. The highest BCUT2D eigenvalue weighted by Gasteiger charge is 2.15. The molecule has 0 radical (unpaired) electrons. The lowest BCUT2D eigenvalue weighted by Crippen LogP contribution is -2.19. The van der Waals surface area contributed by atoms with Crippen LogP contribution in [0.2, 0.25) is 0 Å². The van der Waals surface area contributed by atoms with Crippen LogP contribution in [0.4, 0.5) is 15.6 Å². The average Bonchev–Trinajstić information content (AvgIpc) is 3.23. The molecule has 3 aromatic rings. The quantitative estimate of drug-likeness (QED) is 0.728. The van der Waals surface area contributed by atoms with Crippen LogP contribution in [0.5, 0.6) is 11.5 Å². The van der Waals surface area contributed by atoms with Gasteiger partial charge in [-0.1, -0.05) is 12.1 Å². The number of thiazole rings is 1. The van der Waals surface area contributed by atoms with Crippen molar-refractivity contribution in [1.29, 1.82) is 0 Å². The highest BCUT2D eigenvalue weighted by atomic mass is 32.1. The number of amides is 2. The summed E-state index contributed by atoms with van der Waals surface area (Å²) in [7, 11) is 0. The maximum atomic E-state index is 12.1. The summed E-state index contributed by atoms with van der Waals surface area (Å²) < 4.78 is 10.7. The van der Waals surface area contributed by atoms with Gasteiger partial charge in [0.1, 0.15) is 0 Å². The van der Waals surface area contributed by atoms with E-state index in [4.69, 9.17) is 9.47 Å². The van der Waals surface area contributed by atoms with Gasteiger partial charge in [0.25, 0.3) is 0 Å². The number of nitrogens with zero attached hydrogens (tertiary/aromatic N) is 1. The Labute approximate surface area is 148 Å². The van der Waals surface area contributed by atoms with Crippen LogP contribution in [0, 0.1) is 6.92 Å². The molecule has 0 aliphatic carbocycles. The summed E-state index contributed by atoms with van der Waals surface area (Å²) in [5.41, 5.74) is 3.50. The van der Waals surface area contributed by atoms with Crippen molar-refractivity contribution in [1.82, 2.24) is 4.98 Å². The molecule has 0 unspecified atom stereocenters. The maximum Gasteiger partial charge on any atom is 0.325 e. The molecular weight excluding hydrogens is 338 g/mol. The lowest BCUT2D eigenvalue weighted by atomic mass is 10.1. The van der Waals surface area contributed by atoms with E-state index in [2.05, 4.69) is 15.6 Å². The number of aromatic nitrogens is 1. The first-order valence-electron chi connectivity index (χ1n) is 7.67. The number of rotatable bonds is 3. The molecule has 2 amide bonds. The molecule has 0 fully saturated rings. The van der Waals surface area contributed by atoms with Gasteiger partial charge < -0.3 is 14.8 Å². The van der Waals surface area contributed by atoms with Gasteiger partial charge in [-0.15, -0.1) is 11.3 Å². The number of anilines is 2. The SMILES string of the molecule is Cc1cccc(NC(=O)Nc2nc(-c3ccc4c(c3)OCO4)cs2)c1. The number of nitrogens with one attached hydrogen (secondary N) is 2. The lowest BCUT2D eigenvalue weighted by Gasteiger charge is -2.06. The van der Waals surface area contributed by atoms with E-state index in [1.165, 1.54) is 11.3 Å². The molecule has 2 aromatic carbocycles. The normalized spacial score (nSPS) is 12.0. The van der Waals surface area contributed by atoms with Crippen molar-refractivity contribution in [2.45, 2.75) is 6.92 Å². The lowest BCUT2D eigenvalue weighted by molar-refractivity contribution is 0.174. The van der Waals surface area contributed by atoms with Gasteiger partial charge in [-0.05, 0) is 42.8 Å². The molecule has 0 spiro atoms. The van der Waals surface area contributed by atoms with Crippen molar-refractivity contribution in [3.05, 3.63) is 53.4 Å². The zero-order valence-corrected chi connectivity index (χ0v) is 14.2. The van der Waals surface area contributed by atoms with Gasteiger partial charge in [0.05, 0.1) is 5.69 Å². The molecule has 0 atom stereocenters. The molecule has 0 saturated heterocycles. The average molecular weight is 353 g/mol. The second kappa shape index (κ2) is 6.45. The molecule has 1 aliphatic heterocycles. The van der Waals surface area contributed by atoms with Gasteiger partial charge in [0, 0.05) is 16.6 Å². The van der Waals surface area contributed by atoms with Gasteiger partial charge in [-0.2, -0.15) is 0 Å². The van der Waals surface area contributed by atoms with Crippen molar-refractivity contribution in [2.75, 3.05) is 17.4 Å². The van der Waals surface area contributed by atoms with Crippen LogP contribution in [-0.4, -0.2) is 17.8 Å². The Morgan fingerprint density at radius 2 is 2.00 bits per heavy atom. The van der Waals surface area contributed by atoms with Crippen LogP contribution in [0.15, 0.2) is 47.8 Å². The van der Waals surface area contributed by atoms with E-state index in [0.717, 1.165) is 28.3 Å². The largest absolute Gasteiger partial charge is 0.454 e. The summed E-state index contributed by atoms with van der Waals surface area (Å²) in [6, 6.07) is 12.9. The fraction of sp³-hybridized carbons (Fsp3) is 0.111. The van der Waals surface area contributed by atoms with Crippen LogP contribution < -0.4 is 20.1 Å². The maximum absolute atomic E-state index is 12.1. The Morgan fingerprint density at radius 3 is 2.88 bits per heavy atom. The second-order valence-corrected chi connectivity index (χ2v) is 6.41. The molecule has 6 nitrogen and oxygen atoms in total. The van der Waals surface area contributed by atoms with Gasteiger partial charge in [-0.3, -0.25) is 5.32 Å². The molecule has 4 rings (SSSR count). The first kappa shape index (κ1) is 15.5. The van der Waals surface area contributed by atoms with Gasteiger partial charge >= 0.3 is 6.03 Å². The Balaban J connectivity index is 1.45. The first-order valence-corrected chi connectivity index (χ1v) is 8.55. The smallest absolute Gasteiger partial charge is 0.325 e. The van der Waals surface area contributed by atoms with E-state index in [1.54, 1.807) is 0 Å². The monoisotopic (exact) mass is 353 g/mol. The number of hydrogen-bond acceptors (Lipinski definition) is 5. The second-order valence-electron chi connectivity index (χ2n) is 5.55. The standard InChI is InChI=1S/C18H15N3O3S/c1-11-3-2-4-13(7-11)19-17(22)21-18-20-14(9-25-18)12-5-6-15-16(8-12)24-10-23-15/h2-9H,10H2,1H3,(H2,19,20,21,22). The van der Waals surface area contributed by atoms with Crippen molar-refractivity contribution < 1.29 is 14.3 Å². The summed E-state index contributed by atoms with van der Waals surface area (Å²) in [5.74, 6) is 1.44. The summed E-state index contributed by atoms with van der Waals surface area (Å²) in [6.45, 7) is 2.21. The minimum absolute atomic E-state index is 0.238. The Morgan fingerprint density at radius 1 is 1.12 bits per heavy atom. The van der Waals surface area contributed by atoms with Crippen LogP contribution in [0.1, 0.15) is 5.56 Å². The summed E-state index contributed by atoms with van der Waals surface area (Å²) >= 11 is 1.36. The number of hydrogen-bond donors (Lipinski definition) is 2. The van der Waals surface area contributed by atoms with E-state index in [1.807, 2.05) is 54.8 Å². The van der Waals surface area contributed by atoms with E-state index in [-0.39, 0.29) is 12.8 Å². The number of benzene rings is 2.